The van der Waals surface area contributed by atoms with Gasteiger partial charge < -0.3 is 4.74 Å². The number of imide groups is 1. The van der Waals surface area contributed by atoms with Crippen molar-refractivity contribution in [2.45, 2.75) is 25.9 Å². The van der Waals surface area contributed by atoms with Crippen LogP contribution in [0.5, 0.6) is 0 Å². The molecule has 6 heteroatoms. The minimum atomic E-state index is -0.895. The highest BCUT2D eigenvalue weighted by atomic mass is 16.5. The monoisotopic (exact) mass is 443 g/mol. The summed E-state index contributed by atoms with van der Waals surface area (Å²) in [5.74, 6) is -0.650. The van der Waals surface area contributed by atoms with Crippen molar-refractivity contribution in [3.05, 3.63) is 66.3 Å². The van der Waals surface area contributed by atoms with Gasteiger partial charge in [-0.2, -0.15) is 0 Å². The van der Waals surface area contributed by atoms with Crippen molar-refractivity contribution in [3.63, 3.8) is 0 Å². The van der Waals surface area contributed by atoms with Gasteiger partial charge in [-0.15, -0.1) is 0 Å². The van der Waals surface area contributed by atoms with Crippen LogP contribution in [0.15, 0.2) is 60.7 Å². The molecule has 6 aliphatic rings. The fraction of sp³-hybridized carbons (Fsp3) is 0.407. The second-order valence-electron chi connectivity index (χ2n) is 9.82. The van der Waals surface area contributed by atoms with Crippen molar-refractivity contribution in [2.75, 3.05) is 4.90 Å². The van der Waals surface area contributed by atoms with Crippen LogP contribution in [-0.4, -0.2) is 29.7 Å². The zero-order valence-corrected chi connectivity index (χ0v) is 18.3. The molecule has 1 aliphatic heterocycles. The second kappa shape index (κ2) is 7.37. The molecule has 0 unspecified atom stereocenters. The van der Waals surface area contributed by atoms with Gasteiger partial charge in [0.2, 0.25) is 11.8 Å². The molecule has 3 fully saturated rings. The standard InChI is InChI=1S/C27H25NO5/c1-14(24(29)15-6-3-2-4-7-15)33-27(32)16-8-5-9-17(12-16)28-25(30)22-18-10-11-19(21-13-20(18)21)23(22)26(28)31/h2-6,8-12,14-15,18-23H,7,13H2,1H3/t14-,15+,18-,19-,20-,21+,22-,23+/m0/s1. The van der Waals surface area contributed by atoms with E-state index < -0.39 is 12.1 Å². The van der Waals surface area contributed by atoms with Gasteiger partial charge in [-0.3, -0.25) is 14.4 Å². The highest BCUT2D eigenvalue weighted by molar-refractivity contribution is 6.23. The lowest BCUT2D eigenvalue weighted by Crippen LogP contribution is -2.40. The molecular weight excluding hydrogens is 418 g/mol. The minimum absolute atomic E-state index is 0.148. The summed E-state index contributed by atoms with van der Waals surface area (Å²) >= 11 is 0. The number of allylic oxidation sites excluding steroid dienone is 6. The molecule has 5 aliphatic carbocycles. The minimum Gasteiger partial charge on any atom is -0.451 e. The molecule has 7 rings (SSSR count). The van der Waals surface area contributed by atoms with E-state index in [0.717, 1.165) is 6.42 Å². The fourth-order valence-electron chi connectivity index (χ4n) is 6.36. The summed E-state index contributed by atoms with van der Waals surface area (Å²) in [5, 5.41) is 0. The van der Waals surface area contributed by atoms with Gasteiger partial charge in [0.05, 0.1) is 23.1 Å². The van der Waals surface area contributed by atoms with E-state index >= 15 is 0 Å². The largest absolute Gasteiger partial charge is 0.451 e. The topological polar surface area (TPSA) is 80.8 Å². The van der Waals surface area contributed by atoms with Gasteiger partial charge in [0.1, 0.15) is 0 Å². The van der Waals surface area contributed by atoms with Crippen molar-refractivity contribution in [1.29, 1.82) is 0 Å². The molecule has 8 atom stereocenters. The molecule has 0 spiro atoms. The number of Topliss-reactive ketones (excluding diaryl/α,β-unsaturated/α-hetero) is 1. The highest BCUT2D eigenvalue weighted by Crippen LogP contribution is 2.65. The number of esters is 1. The Labute approximate surface area is 192 Å². The molecule has 33 heavy (non-hydrogen) atoms. The average Bonchev–Trinajstić information content (AvgIpc) is 3.62. The van der Waals surface area contributed by atoms with Gasteiger partial charge in [-0.1, -0.05) is 42.5 Å². The third-order valence-corrected chi connectivity index (χ3v) is 8.03. The highest BCUT2D eigenvalue weighted by Gasteiger charge is 2.67. The Morgan fingerprint density at radius 1 is 1.00 bits per heavy atom. The third kappa shape index (κ3) is 3.07. The first-order valence-electron chi connectivity index (χ1n) is 11.7. The van der Waals surface area contributed by atoms with E-state index in [0.29, 0.717) is 23.9 Å². The first-order valence-corrected chi connectivity index (χ1v) is 11.7. The quantitative estimate of drug-likeness (QED) is 0.395. The predicted octanol–water partition coefficient (Wildman–Crippen LogP) is 3.49. The van der Waals surface area contributed by atoms with Gasteiger partial charge in [-0.25, -0.2) is 9.69 Å². The Morgan fingerprint density at radius 2 is 1.70 bits per heavy atom. The van der Waals surface area contributed by atoms with Gasteiger partial charge >= 0.3 is 5.97 Å². The molecule has 2 bridgehead atoms. The molecule has 1 aromatic carbocycles. The van der Waals surface area contributed by atoms with Gasteiger partial charge in [0.25, 0.3) is 0 Å². The molecule has 1 saturated heterocycles. The van der Waals surface area contributed by atoms with E-state index in [9.17, 15) is 19.2 Å². The summed E-state index contributed by atoms with van der Waals surface area (Å²) in [7, 11) is 0. The molecule has 0 radical (unpaired) electrons. The molecule has 168 valence electrons. The fourth-order valence-corrected chi connectivity index (χ4v) is 6.36. The zero-order valence-electron chi connectivity index (χ0n) is 18.3. The normalized spacial score (nSPS) is 35.9. The van der Waals surface area contributed by atoms with Crippen LogP contribution in [0, 0.1) is 41.4 Å². The summed E-state index contributed by atoms with van der Waals surface area (Å²) in [6.07, 6.45) is 12.5. The molecule has 1 aromatic rings. The predicted molar refractivity (Wildman–Crippen MR) is 120 cm³/mol. The van der Waals surface area contributed by atoms with Crippen LogP contribution in [0.4, 0.5) is 5.69 Å². The van der Waals surface area contributed by atoms with Crippen molar-refractivity contribution in [1.82, 2.24) is 0 Å². The Kier molecular flexibility index (Phi) is 4.54. The number of anilines is 1. The van der Waals surface area contributed by atoms with E-state index in [4.69, 9.17) is 4.74 Å². The Bertz CT molecular complexity index is 1130. The summed E-state index contributed by atoms with van der Waals surface area (Å²) in [4.78, 5) is 53.3. The van der Waals surface area contributed by atoms with E-state index in [1.54, 1.807) is 25.1 Å². The van der Waals surface area contributed by atoms with Gasteiger partial charge in [-0.05, 0) is 61.6 Å². The maximum atomic E-state index is 13.3. The lowest BCUT2D eigenvalue weighted by atomic mass is 9.63. The van der Waals surface area contributed by atoms with Crippen molar-refractivity contribution in [2.24, 2.45) is 41.4 Å². The number of hydrogen-bond acceptors (Lipinski definition) is 5. The van der Waals surface area contributed by atoms with Crippen LogP contribution in [0.3, 0.4) is 0 Å². The first-order chi connectivity index (χ1) is 16.0. The smallest absolute Gasteiger partial charge is 0.338 e. The molecular formula is C27H25NO5. The molecule has 2 saturated carbocycles. The van der Waals surface area contributed by atoms with E-state index in [-0.39, 0.29) is 52.8 Å². The number of carbonyl (C=O) groups is 4. The van der Waals surface area contributed by atoms with Crippen LogP contribution in [0.2, 0.25) is 0 Å². The van der Waals surface area contributed by atoms with Crippen LogP contribution in [-0.2, 0) is 19.1 Å². The Morgan fingerprint density at radius 3 is 2.33 bits per heavy atom. The second-order valence-corrected chi connectivity index (χ2v) is 9.82. The molecule has 1 heterocycles. The summed E-state index contributed by atoms with van der Waals surface area (Å²) in [5.41, 5.74) is 0.604. The number of ketones is 1. The summed E-state index contributed by atoms with van der Waals surface area (Å²) in [6, 6.07) is 6.41. The van der Waals surface area contributed by atoms with E-state index in [1.807, 2.05) is 24.3 Å². The number of amides is 2. The first kappa shape index (κ1) is 20.3. The number of hydrogen-bond donors (Lipinski definition) is 0. The average molecular weight is 443 g/mol. The van der Waals surface area contributed by atoms with Gasteiger partial charge in [0, 0.05) is 5.92 Å². The Balaban J connectivity index is 1.20. The van der Waals surface area contributed by atoms with Crippen molar-refractivity contribution >= 4 is 29.3 Å². The molecule has 6 nitrogen and oxygen atoms in total. The number of ether oxygens (including phenoxy) is 1. The maximum Gasteiger partial charge on any atom is 0.338 e. The molecule has 2 amide bonds. The number of carbonyl (C=O) groups excluding carboxylic acids is 4. The number of rotatable bonds is 5. The number of benzene rings is 1. The SMILES string of the molecule is C[C@H](OC(=O)c1cccc(N2C(=O)[C@@H]3[C@H]4C=C[C@@H]([C@@H]5C[C@H]45)[C@@H]3C2=O)c1)C(=O)[C@@H]1C=CC=CC1. The van der Waals surface area contributed by atoms with Crippen molar-refractivity contribution in [3.8, 4) is 0 Å². The summed E-state index contributed by atoms with van der Waals surface area (Å²) in [6.45, 7) is 1.57. The van der Waals surface area contributed by atoms with Crippen molar-refractivity contribution < 1.29 is 23.9 Å². The third-order valence-electron chi connectivity index (χ3n) is 8.03. The van der Waals surface area contributed by atoms with E-state index in [1.165, 1.54) is 11.0 Å². The van der Waals surface area contributed by atoms with Crippen LogP contribution in [0.25, 0.3) is 0 Å². The lowest BCUT2D eigenvalue weighted by molar-refractivity contribution is -0.129. The molecule has 0 N–H and O–H groups in total. The van der Waals surface area contributed by atoms with E-state index in [2.05, 4.69) is 12.2 Å². The van der Waals surface area contributed by atoms with Crippen LogP contribution < -0.4 is 4.90 Å². The lowest BCUT2D eigenvalue weighted by Gasteiger charge is -2.37. The van der Waals surface area contributed by atoms with Gasteiger partial charge in [0.15, 0.2) is 11.9 Å². The summed E-state index contributed by atoms with van der Waals surface area (Å²) < 4.78 is 5.44. The molecule has 0 aromatic heterocycles. The zero-order chi connectivity index (χ0) is 22.9. The Hall–Kier alpha value is -3.28. The van der Waals surface area contributed by atoms with Crippen LogP contribution in [0.1, 0.15) is 30.1 Å². The number of nitrogens with zero attached hydrogens (tertiary/aromatic N) is 1. The maximum absolute atomic E-state index is 13.3. The van der Waals surface area contributed by atoms with Crippen LogP contribution >= 0.6 is 0 Å².